The molecule has 3 rings (SSSR count). The molecule has 0 aliphatic heterocycles. The lowest BCUT2D eigenvalue weighted by molar-refractivity contribution is -0.149. The van der Waals surface area contributed by atoms with Crippen molar-refractivity contribution in [2.45, 2.75) is 24.8 Å². The topological polar surface area (TPSA) is 114 Å². The zero-order valence-electron chi connectivity index (χ0n) is 18.5. The van der Waals surface area contributed by atoms with Gasteiger partial charge in [-0.25, -0.2) is 9.59 Å². The normalized spacial score (nSPS) is 13.5. The molecule has 0 heterocycles. The number of alkyl carbamates (subject to hydrolysis) is 1. The Balaban J connectivity index is 1.52. The Morgan fingerprint density at radius 1 is 1.06 bits per heavy atom. The molecule has 2 aromatic rings. The van der Waals surface area contributed by atoms with E-state index < -0.39 is 23.5 Å². The summed E-state index contributed by atoms with van der Waals surface area (Å²) in [5.74, 6) is 2.73. The highest BCUT2D eigenvalue weighted by molar-refractivity contribution is 5.97. The van der Waals surface area contributed by atoms with Gasteiger partial charge in [-0.1, -0.05) is 61.4 Å². The molecule has 8 nitrogen and oxygen atoms in total. The Bertz CT molecular complexity index is 1060. The fourth-order valence-electron chi connectivity index (χ4n) is 3.88. The van der Waals surface area contributed by atoms with Crippen LogP contribution in [0.25, 0.3) is 11.1 Å². The molecule has 2 aromatic carbocycles. The fourth-order valence-corrected chi connectivity index (χ4v) is 3.88. The lowest BCUT2D eigenvalue weighted by Gasteiger charge is -2.27. The van der Waals surface area contributed by atoms with Crippen molar-refractivity contribution in [2.75, 3.05) is 26.9 Å². The van der Waals surface area contributed by atoms with Gasteiger partial charge in [-0.15, -0.1) is 0 Å². The van der Waals surface area contributed by atoms with Crippen LogP contribution in [0.2, 0.25) is 0 Å². The first-order valence-corrected chi connectivity index (χ1v) is 10.5. The molecule has 172 valence electrons. The summed E-state index contributed by atoms with van der Waals surface area (Å²) >= 11 is 0. The van der Waals surface area contributed by atoms with Gasteiger partial charge in [0.1, 0.15) is 6.61 Å². The largest absolute Gasteiger partial charge is 0.479 e. The predicted molar refractivity (Wildman–Crippen MR) is 122 cm³/mol. The summed E-state index contributed by atoms with van der Waals surface area (Å²) in [4.78, 5) is 35.7. The highest BCUT2D eigenvalue weighted by atomic mass is 16.5. The van der Waals surface area contributed by atoms with E-state index in [0.29, 0.717) is 0 Å². The summed E-state index contributed by atoms with van der Waals surface area (Å²) < 4.78 is 10.3. The quantitative estimate of drug-likeness (QED) is 0.533. The highest BCUT2D eigenvalue weighted by Crippen LogP contribution is 2.44. The number of ether oxygens (including phenoxy) is 2. The SMILES string of the molecule is CCC(COC)(NC(=O)C#CCNC(=O)OCC1c2ccccc2-c2ccccc21)C(=O)O. The summed E-state index contributed by atoms with van der Waals surface area (Å²) in [6.07, 6.45) is -0.527. The number of benzene rings is 2. The number of carboxylic acid groups (broad SMARTS) is 1. The van der Waals surface area contributed by atoms with Crippen molar-refractivity contribution in [3.05, 3.63) is 59.7 Å². The molecule has 1 aliphatic carbocycles. The van der Waals surface area contributed by atoms with Gasteiger partial charge in [-0.2, -0.15) is 0 Å². The summed E-state index contributed by atoms with van der Waals surface area (Å²) in [5, 5.41) is 14.3. The summed E-state index contributed by atoms with van der Waals surface area (Å²) in [7, 11) is 1.35. The van der Waals surface area contributed by atoms with Gasteiger partial charge < -0.3 is 25.2 Å². The molecule has 0 fully saturated rings. The van der Waals surface area contributed by atoms with Gasteiger partial charge in [-0.3, -0.25) is 4.79 Å². The van der Waals surface area contributed by atoms with E-state index >= 15 is 0 Å². The number of methoxy groups -OCH3 is 1. The summed E-state index contributed by atoms with van der Waals surface area (Å²) in [5.41, 5.74) is 2.93. The van der Waals surface area contributed by atoms with Gasteiger partial charge in [0.15, 0.2) is 5.54 Å². The Hall–Kier alpha value is -3.83. The van der Waals surface area contributed by atoms with Gasteiger partial charge in [0.05, 0.1) is 13.2 Å². The number of carboxylic acids is 1. The maximum absolute atomic E-state index is 12.1. The first-order chi connectivity index (χ1) is 15.9. The van der Waals surface area contributed by atoms with Crippen molar-refractivity contribution in [1.82, 2.24) is 10.6 Å². The van der Waals surface area contributed by atoms with Crippen LogP contribution in [0.1, 0.15) is 30.4 Å². The van der Waals surface area contributed by atoms with Gasteiger partial charge >= 0.3 is 12.1 Å². The molecule has 33 heavy (non-hydrogen) atoms. The number of carbonyl (C=O) groups excluding carboxylic acids is 2. The van der Waals surface area contributed by atoms with E-state index in [2.05, 4.69) is 34.6 Å². The van der Waals surface area contributed by atoms with Crippen LogP contribution in [-0.4, -0.2) is 55.5 Å². The fraction of sp³-hybridized carbons (Fsp3) is 0.320. The third kappa shape index (κ3) is 5.33. The Morgan fingerprint density at radius 2 is 1.67 bits per heavy atom. The summed E-state index contributed by atoms with van der Waals surface area (Å²) in [6, 6.07) is 16.1. The standard InChI is InChI=1S/C25H26N2O6/c1-3-25(16-32-2,23(29)30)27-22(28)13-8-14-26-24(31)33-15-21-19-11-6-4-9-17(19)18-10-5-7-12-20(18)21/h4-7,9-12,21H,3,14-16H2,1-2H3,(H,26,31)(H,27,28)(H,29,30). The van der Waals surface area contributed by atoms with E-state index in [0.717, 1.165) is 22.3 Å². The second-order valence-electron chi connectivity index (χ2n) is 7.61. The number of hydrogen-bond acceptors (Lipinski definition) is 5. The monoisotopic (exact) mass is 450 g/mol. The molecular weight excluding hydrogens is 424 g/mol. The molecule has 2 amide bonds. The van der Waals surface area contributed by atoms with Crippen LogP contribution in [0, 0.1) is 11.8 Å². The number of fused-ring (bicyclic) bond motifs is 3. The number of hydrogen-bond donors (Lipinski definition) is 3. The first kappa shape index (κ1) is 23.8. The average Bonchev–Trinajstić information content (AvgIpc) is 3.13. The molecule has 0 aromatic heterocycles. The van der Waals surface area contributed by atoms with Crippen molar-refractivity contribution >= 4 is 18.0 Å². The molecule has 8 heteroatoms. The highest BCUT2D eigenvalue weighted by Gasteiger charge is 2.38. The Kier molecular flexibility index (Phi) is 7.70. The van der Waals surface area contributed by atoms with E-state index in [1.54, 1.807) is 6.92 Å². The summed E-state index contributed by atoms with van der Waals surface area (Å²) in [6.45, 7) is 1.48. The lowest BCUT2D eigenvalue weighted by Crippen LogP contribution is -2.57. The number of carbonyl (C=O) groups is 3. The molecule has 0 spiro atoms. The van der Waals surface area contributed by atoms with Crippen molar-refractivity contribution in [3.8, 4) is 23.0 Å². The molecular formula is C25H26N2O6. The molecule has 0 saturated carbocycles. The minimum Gasteiger partial charge on any atom is -0.479 e. The number of amides is 2. The van der Waals surface area contributed by atoms with Crippen LogP contribution in [-0.2, 0) is 19.1 Å². The Labute approximate surface area is 192 Å². The molecule has 3 N–H and O–H groups in total. The second kappa shape index (κ2) is 10.7. The zero-order chi connectivity index (χ0) is 23.8. The number of nitrogens with one attached hydrogen (secondary N) is 2. The Morgan fingerprint density at radius 3 is 2.21 bits per heavy atom. The van der Waals surface area contributed by atoms with Crippen LogP contribution in [0.4, 0.5) is 4.79 Å². The van der Waals surface area contributed by atoms with Crippen molar-refractivity contribution in [1.29, 1.82) is 0 Å². The van der Waals surface area contributed by atoms with E-state index in [9.17, 15) is 19.5 Å². The van der Waals surface area contributed by atoms with Crippen LogP contribution in [0.15, 0.2) is 48.5 Å². The minimum absolute atomic E-state index is 0.0565. The van der Waals surface area contributed by atoms with Crippen LogP contribution in [0.5, 0.6) is 0 Å². The van der Waals surface area contributed by atoms with Gasteiger partial charge in [0.2, 0.25) is 0 Å². The molecule has 0 saturated heterocycles. The van der Waals surface area contributed by atoms with E-state index in [1.165, 1.54) is 7.11 Å². The van der Waals surface area contributed by atoms with Gasteiger partial charge in [0, 0.05) is 13.0 Å². The van der Waals surface area contributed by atoms with Gasteiger partial charge in [-0.05, 0) is 34.6 Å². The second-order valence-corrected chi connectivity index (χ2v) is 7.61. The molecule has 0 bridgehead atoms. The zero-order valence-corrected chi connectivity index (χ0v) is 18.5. The van der Waals surface area contributed by atoms with Crippen molar-refractivity contribution in [3.63, 3.8) is 0 Å². The van der Waals surface area contributed by atoms with E-state index in [1.807, 2.05) is 36.4 Å². The third-order valence-electron chi connectivity index (χ3n) is 5.62. The average molecular weight is 450 g/mol. The molecule has 1 aliphatic rings. The van der Waals surface area contributed by atoms with Crippen molar-refractivity contribution < 1.29 is 29.0 Å². The molecule has 1 unspecified atom stereocenters. The predicted octanol–water partition coefficient (Wildman–Crippen LogP) is 2.52. The van der Waals surface area contributed by atoms with Crippen LogP contribution in [0.3, 0.4) is 0 Å². The number of rotatable bonds is 8. The van der Waals surface area contributed by atoms with Crippen LogP contribution < -0.4 is 10.6 Å². The van der Waals surface area contributed by atoms with Crippen molar-refractivity contribution in [2.24, 2.45) is 0 Å². The third-order valence-corrected chi connectivity index (χ3v) is 5.62. The molecule has 0 radical (unpaired) electrons. The number of aliphatic carboxylic acids is 1. The maximum Gasteiger partial charge on any atom is 0.407 e. The lowest BCUT2D eigenvalue weighted by atomic mass is 9.97. The first-order valence-electron chi connectivity index (χ1n) is 10.5. The van der Waals surface area contributed by atoms with E-state index in [4.69, 9.17) is 9.47 Å². The van der Waals surface area contributed by atoms with Gasteiger partial charge in [0.25, 0.3) is 5.91 Å². The minimum atomic E-state index is -1.55. The molecule has 1 atom stereocenters. The van der Waals surface area contributed by atoms with E-state index in [-0.39, 0.29) is 32.1 Å². The van der Waals surface area contributed by atoms with Crippen LogP contribution >= 0.6 is 0 Å². The smallest absolute Gasteiger partial charge is 0.407 e. The maximum atomic E-state index is 12.1.